The molecule has 1 atom stereocenters. The molecule has 1 aromatic rings. The first-order valence-electron chi connectivity index (χ1n) is 6.37. The molecule has 0 aromatic carbocycles. The molecule has 0 saturated carbocycles. The van der Waals surface area contributed by atoms with Crippen LogP contribution in [-0.4, -0.2) is 29.9 Å². The fraction of sp³-hybridized carbons (Fsp3) is 0.667. The van der Waals surface area contributed by atoms with E-state index in [4.69, 9.17) is 5.73 Å². The van der Waals surface area contributed by atoms with Gasteiger partial charge in [0.05, 0.1) is 0 Å². The summed E-state index contributed by atoms with van der Waals surface area (Å²) in [6, 6.07) is 1.83. The van der Waals surface area contributed by atoms with Gasteiger partial charge in [-0.05, 0) is 25.3 Å². The van der Waals surface area contributed by atoms with Gasteiger partial charge in [0.25, 0.3) is 0 Å². The Bertz CT molecular complexity index is 521. The van der Waals surface area contributed by atoms with Crippen molar-refractivity contribution in [1.82, 2.24) is 8.87 Å². The maximum Gasteiger partial charge on any atom is 0.244 e. The van der Waals surface area contributed by atoms with Gasteiger partial charge >= 0.3 is 0 Å². The van der Waals surface area contributed by atoms with Crippen molar-refractivity contribution >= 4 is 10.0 Å². The molecule has 102 valence electrons. The number of nitrogens with two attached hydrogens (primary N) is 1. The number of hydrogen-bond acceptors (Lipinski definition) is 3. The standard InChI is InChI=1S/C12H21N3O2S/c1-3-10-5-4-6-15(10)18(16,17)12-7-11(8-13)14(2)9-12/h7,9-10H,3-6,8,13H2,1-2H3. The van der Waals surface area contributed by atoms with E-state index in [9.17, 15) is 8.42 Å². The molecule has 0 amide bonds. The molecule has 0 spiro atoms. The van der Waals surface area contributed by atoms with Gasteiger partial charge in [-0.25, -0.2) is 8.42 Å². The van der Waals surface area contributed by atoms with Gasteiger partial charge in [0.15, 0.2) is 0 Å². The quantitative estimate of drug-likeness (QED) is 0.890. The van der Waals surface area contributed by atoms with Crippen LogP contribution in [-0.2, 0) is 23.6 Å². The monoisotopic (exact) mass is 271 g/mol. The summed E-state index contributed by atoms with van der Waals surface area (Å²) in [6.07, 6.45) is 4.44. The highest BCUT2D eigenvalue weighted by atomic mass is 32.2. The van der Waals surface area contributed by atoms with E-state index < -0.39 is 10.0 Å². The summed E-state index contributed by atoms with van der Waals surface area (Å²) >= 11 is 0. The Balaban J connectivity index is 2.35. The second kappa shape index (κ2) is 5.03. The molecular formula is C12H21N3O2S. The zero-order valence-corrected chi connectivity index (χ0v) is 11.8. The van der Waals surface area contributed by atoms with E-state index in [0.717, 1.165) is 25.0 Å². The van der Waals surface area contributed by atoms with Crippen molar-refractivity contribution in [3.8, 4) is 0 Å². The zero-order chi connectivity index (χ0) is 13.3. The van der Waals surface area contributed by atoms with Crippen molar-refractivity contribution in [2.45, 2.75) is 43.7 Å². The van der Waals surface area contributed by atoms with Crippen molar-refractivity contribution in [3.05, 3.63) is 18.0 Å². The Labute approximate surface area is 109 Å². The maximum atomic E-state index is 12.6. The lowest BCUT2D eigenvalue weighted by atomic mass is 10.2. The fourth-order valence-corrected chi connectivity index (χ4v) is 4.45. The molecule has 5 nitrogen and oxygen atoms in total. The molecular weight excluding hydrogens is 250 g/mol. The highest BCUT2D eigenvalue weighted by molar-refractivity contribution is 7.89. The average molecular weight is 271 g/mol. The lowest BCUT2D eigenvalue weighted by Crippen LogP contribution is -2.34. The summed E-state index contributed by atoms with van der Waals surface area (Å²) < 4.78 is 28.5. The molecule has 0 bridgehead atoms. The summed E-state index contributed by atoms with van der Waals surface area (Å²) in [4.78, 5) is 0.366. The molecule has 1 fully saturated rings. The van der Waals surface area contributed by atoms with Crippen LogP contribution in [0.25, 0.3) is 0 Å². The summed E-state index contributed by atoms with van der Waals surface area (Å²) in [6.45, 7) is 3.02. The lowest BCUT2D eigenvalue weighted by molar-refractivity contribution is 0.379. The molecule has 2 N–H and O–H groups in total. The van der Waals surface area contributed by atoms with Crippen LogP contribution in [0.1, 0.15) is 31.9 Å². The maximum absolute atomic E-state index is 12.6. The minimum Gasteiger partial charge on any atom is -0.352 e. The molecule has 1 unspecified atom stereocenters. The van der Waals surface area contributed by atoms with Gasteiger partial charge in [0, 0.05) is 38.1 Å². The smallest absolute Gasteiger partial charge is 0.244 e. The lowest BCUT2D eigenvalue weighted by Gasteiger charge is -2.22. The third kappa shape index (κ3) is 2.20. The fourth-order valence-electron chi connectivity index (χ4n) is 2.59. The molecule has 1 aromatic heterocycles. The minimum absolute atomic E-state index is 0.150. The highest BCUT2D eigenvalue weighted by Gasteiger charge is 2.34. The molecule has 0 aliphatic carbocycles. The van der Waals surface area contributed by atoms with Crippen LogP contribution in [0.5, 0.6) is 0 Å². The van der Waals surface area contributed by atoms with E-state index in [1.807, 2.05) is 14.0 Å². The van der Waals surface area contributed by atoms with Gasteiger partial charge in [-0.1, -0.05) is 6.92 Å². The zero-order valence-electron chi connectivity index (χ0n) is 11.0. The predicted octanol–water partition coefficient (Wildman–Crippen LogP) is 1.05. The minimum atomic E-state index is -3.35. The van der Waals surface area contributed by atoms with Gasteiger partial charge in [-0.3, -0.25) is 0 Å². The Morgan fingerprint density at radius 3 is 2.78 bits per heavy atom. The van der Waals surface area contributed by atoms with Crippen LogP contribution < -0.4 is 5.73 Å². The SMILES string of the molecule is CCC1CCCN1S(=O)(=O)c1cc(CN)n(C)c1. The number of sulfonamides is 1. The van der Waals surface area contributed by atoms with Crippen molar-refractivity contribution in [2.24, 2.45) is 12.8 Å². The van der Waals surface area contributed by atoms with Crippen LogP contribution >= 0.6 is 0 Å². The molecule has 1 aliphatic rings. The Hall–Kier alpha value is -0.850. The van der Waals surface area contributed by atoms with Gasteiger partial charge in [0.2, 0.25) is 10.0 Å². The second-order valence-electron chi connectivity index (χ2n) is 4.80. The first-order chi connectivity index (χ1) is 8.50. The topological polar surface area (TPSA) is 68.3 Å². The average Bonchev–Trinajstić information content (AvgIpc) is 2.94. The van der Waals surface area contributed by atoms with E-state index in [0.29, 0.717) is 18.0 Å². The number of aryl methyl sites for hydroxylation is 1. The van der Waals surface area contributed by atoms with E-state index in [1.54, 1.807) is 21.1 Å². The summed E-state index contributed by atoms with van der Waals surface area (Å²) in [5.74, 6) is 0. The van der Waals surface area contributed by atoms with Crippen molar-refractivity contribution in [3.63, 3.8) is 0 Å². The third-order valence-corrected chi connectivity index (χ3v) is 5.61. The molecule has 0 radical (unpaired) electrons. The Morgan fingerprint density at radius 1 is 1.50 bits per heavy atom. The van der Waals surface area contributed by atoms with Crippen LogP contribution in [0.3, 0.4) is 0 Å². The van der Waals surface area contributed by atoms with Gasteiger partial charge in [-0.2, -0.15) is 4.31 Å². The molecule has 1 aliphatic heterocycles. The number of hydrogen-bond donors (Lipinski definition) is 1. The van der Waals surface area contributed by atoms with E-state index >= 15 is 0 Å². The molecule has 6 heteroatoms. The molecule has 2 rings (SSSR count). The third-order valence-electron chi connectivity index (χ3n) is 3.69. The normalized spacial score (nSPS) is 21.6. The first kappa shape index (κ1) is 13.6. The van der Waals surface area contributed by atoms with Gasteiger partial charge in [-0.15, -0.1) is 0 Å². The van der Waals surface area contributed by atoms with Gasteiger partial charge < -0.3 is 10.3 Å². The molecule has 2 heterocycles. The van der Waals surface area contributed by atoms with E-state index in [1.165, 1.54) is 0 Å². The van der Waals surface area contributed by atoms with E-state index in [2.05, 4.69) is 0 Å². The predicted molar refractivity (Wildman–Crippen MR) is 70.5 cm³/mol. The summed E-state index contributed by atoms with van der Waals surface area (Å²) in [5, 5.41) is 0. The largest absolute Gasteiger partial charge is 0.352 e. The van der Waals surface area contributed by atoms with Crippen molar-refractivity contribution < 1.29 is 8.42 Å². The number of aromatic nitrogens is 1. The van der Waals surface area contributed by atoms with Crippen LogP contribution in [0.4, 0.5) is 0 Å². The Kier molecular flexibility index (Phi) is 3.79. The van der Waals surface area contributed by atoms with Gasteiger partial charge in [0.1, 0.15) is 4.90 Å². The van der Waals surface area contributed by atoms with Crippen molar-refractivity contribution in [2.75, 3.05) is 6.54 Å². The first-order valence-corrected chi connectivity index (χ1v) is 7.81. The molecule has 1 saturated heterocycles. The van der Waals surface area contributed by atoms with Crippen molar-refractivity contribution in [1.29, 1.82) is 0 Å². The van der Waals surface area contributed by atoms with Crippen LogP contribution in [0.2, 0.25) is 0 Å². The van der Waals surface area contributed by atoms with Crippen LogP contribution in [0, 0.1) is 0 Å². The number of rotatable bonds is 4. The Morgan fingerprint density at radius 2 is 2.22 bits per heavy atom. The highest BCUT2D eigenvalue weighted by Crippen LogP contribution is 2.28. The summed E-state index contributed by atoms with van der Waals surface area (Å²) in [7, 11) is -1.53. The van der Waals surface area contributed by atoms with E-state index in [-0.39, 0.29) is 6.04 Å². The molecule has 18 heavy (non-hydrogen) atoms. The number of nitrogens with zero attached hydrogens (tertiary/aromatic N) is 2. The second-order valence-corrected chi connectivity index (χ2v) is 6.69. The van der Waals surface area contributed by atoms with Crippen LogP contribution in [0.15, 0.2) is 17.2 Å². The summed E-state index contributed by atoms with van der Waals surface area (Å²) in [5.41, 5.74) is 6.42.